The molecule has 0 radical (unpaired) electrons. The molecule has 1 aliphatic rings. The summed E-state index contributed by atoms with van der Waals surface area (Å²) >= 11 is 0. The summed E-state index contributed by atoms with van der Waals surface area (Å²) in [6, 6.07) is 0.224. The van der Waals surface area contributed by atoms with Gasteiger partial charge in [0.25, 0.3) is 0 Å². The number of ether oxygens (including phenoxy) is 1. The zero-order valence-corrected chi connectivity index (χ0v) is 15.2. The summed E-state index contributed by atoms with van der Waals surface area (Å²) in [7, 11) is 1.50. The van der Waals surface area contributed by atoms with Gasteiger partial charge in [0.05, 0.1) is 13.0 Å². The van der Waals surface area contributed by atoms with E-state index in [1.807, 2.05) is 0 Å². The molecule has 8 nitrogen and oxygen atoms in total. The molecule has 1 aliphatic carbocycles. The molecule has 1 rings (SSSR count). The highest BCUT2D eigenvalue weighted by Gasteiger charge is 2.15. The number of nitrogens with zero attached hydrogens (tertiary/aromatic N) is 1. The Labute approximate surface area is 149 Å². The molecule has 0 bridgehead atoms. The molecule has 0 atom stereocenters. The maximum atomic E-state index is 12.1. The van der Waals surface area contributed by atoms with E-state index in [9.17, 15) is 14.4 Å². The van der Waals surface area contributed by atoms with Gasteiger partial charge in [-0.3, -0.25) is 14.4 Å². The normalized spacial score (nSPS) is 16.5. The molecule has 0 aliphatic heterocycles. The summed E-state index contributed by atoms with van der Waals surface area (Å²) < 4.78 is 4.77. The quantitative estimate of drug-likeness (QED) is 0.273. The minimum atomic E-state index is -0.865. The monoisotopic (exact) mass is 354 g/mol. The molecular weight excluding hydrogens is 324 g/mol. The van der Waals surface area contributed by atoms with Crippen molar-refractivity contribution in [1.82, 2.24) is 16.1 Å². The summed E-state index contributed by atoms with van der Waals surface area (Å²) in [6.07, 6.45) is 8.16. The van der Waals surface area contributed by atoms with Crippen molar-refractivity contribution in [3.05, 3.63) is 0 Å². The Bertz CT molecular complexity index is 471. The van der Waals surface area contributed by atoms with Crippen molar-refractivity contribution in [1.29, 1.82) is 0 Å². The molecular formula is C17H30N4O4. The topological polar surface area (TPSA) is 109 Å². The van der Waals surface area contributed by atoms with Crippen LogP contribution in [-0.2, 0) is 19.1 Å². The lowest BCUT2D eigenvalue weighted by atomic mass is 9.96. The lowest BCUT2D eigenvalue weighted by Crippen LogP contribution is -2.40. The van der Waals surface area contributed by atoms with Crippen LogP contribution in [0.2, 0.25) is 0 Å². The average molecular weight is 354 g/mol. The fourth-order valence-electron chi connectivity index (χ4n) is 2.69. The van der Waals surface area contributed by atoms with Crippen molar-refractivity contribution in [3.63, 3.8) is 0 Å². The van der Waals surface area contributed by atoms with Crippen LogP contribution in [0.25, 0.3) is 0 Å². The number of hydrogen-bond acceptors (Lipinski definition) is 5. The van der Waals surface area contributed by atoms with Crippen LogP contribution in [0.4, 0.5) is 0 Å². The van der Waals surface area contributed by atoms with Gasteiger partial charge in [0.2, 0.25) is 5.91 Å². The van der Waals surface area contributed by atoms with Crippen molar-refractivity contribution < 1.29 is 19.1 Å². The van der Waals surface area contributed by atoms with Crippen LogP contribution in [0.3, 0.4) is 0 Å². The Balaban J connectivity index is 2.31. The van der Waals surface area contributed by atoms with Crippen LogP contribution < -0.4 is 16.1 Å². The van der Waals surface area contributed by atoms with Crippen LogP contribution >= 0.6 is 0 Å². The maximum Gasteiger partial charge on any atom is 0.329 e. The molecule has 3 N–H and O–H groups in total. The molecule has 1 saturated carbocycles. The lowest BCUT2D eigenvalue weighted by Gasteiger charge is -2.21. The molecule has 142 valence electrons. The third-order valence-corrected chi connectivity index (χ3v) is 4.03. The highest BCUT2D eigenvalue weighted by molar-refractivity contribution is 6.35. The van der Waals surface area contributed by atoms with E-state index < -0.39 is 11.8 Å². The van der Waals surface area contributed by atoms with Gasteiger partial charge in [-0.1, -0.05) is 32.1 Å². The Hall–Kier alpha value is -1.96. The number of carbonyl (C=O) groups is 3. The van der Waals surface area contributed by atoms with Crippen LogP contribution in [-0.4, -0.2) is 49.7 Å². The van der Waals surface area contributed by atoms with Gasteiger partial charge in [0, 0.05) is 25.4 Å². The molecule has 25 heavy (non-hydrogen) atoms. The van der Waals surface area contributed by atoms with Gasteiger partial charge >= 0.3 is 11.8 Å². The molecule has 1 fully saturated rings. The van der Waals surface area contributed by atoms with Crippen molar-refractivity contribution >= 4 is 23.4 Å². The minimum absolute atomic E-state index is 0.0993. The predicted octanol–water partition coefficient (Wildman–Crippen LogP) is 0.860. The van der Waals surface area contributed by atoms with E-state index >= 15 is 0 Å². The number of hydrazone groups is 1. The lowest BCUT2D eigenvalue weighted by molar-refractivity contribution is -0.139. The first kappa shape index (κ1) is 21.1. The second-order valence-corrected chi connectivity index (χ2v) is 6.32. The number of nitrogens with one attached hydrogen (secondary N) is 3. The van der Waals surface area contributed by atoms with Gasteiger partial charge < -0.3 is 15.4 Å². The van der Waals surface area contributed by atoms with E-state index in [1.54, 1.807) is 6.92 Å². The zero-order chi connectivity index (χ0) is 18.5. The third-order valence-electron chi connectivity index (χ3n) is 4.03. The Morgan fingerprint density at radius 2 is 1.68 bits per heavy atom. The number of rotatable bonds is 7. The number of carbonyl (C=O) groups excluding carboxylic acids is 3. The van der Waals surface area contributed by atoms with Crippen LogP contribution in [0.1, 0.15) is 58.3 Å². The van der Waals surface area contributed by atoms with E-state index in [2.05, 4.69) is 21.2 Å². The highest BCUT2D eigenvalue weighted by atomic mass is 16.5. The second kappa shape index (κ2) is 12.4. The highest BCUT2D eigenvalue weighted by Crippen LogP contribution is 2.17. The third kappa shape index (κ3) is 9.81. The Morgan fingerprint density at radius 3 is 2.32 bits per heavy atom. The Kier molecular flexibility index (Phi) is 10.5. The second-order valence-electron chi connectivity index (χ2n) is 6.32. The molecule has 8 heteroatoms. The number of amides is 3. The van der Waals surface area contributed by atoms with Crippen LogP contribution in [0.5, 0.6) is 0 Å². The van der Waals surface area contributed by atoms with E-state index in [4.69, 9.17) is 4.74 Å². The molecule has 0 unspecified atom stereocenters. The number of hydrogen-bond donors (Lipinski definition) is 3. The van der Waals surface area contributed by atoms with Gasteiger partial charge in [0.15, 0.2) is 0 Å². The molecule has 0 spiro atoms. The summed E-state index contributed by atoms with van der Waals surface area (Å²) in [4.78, 5) is 35.1. The van der Waals surface area contributed by atoms with Gasteiger partial charge in [-0.25, -0.2) is 5.43 Å². The largest absolute Gasteiger partial charge is 0.383 e. The summed E-state index contributed by atoms with van der Waals surface area (Å²) in [6.45, 7) is 2.21. The predicted molar refractivity (Wildman–Crippen MR) is 95.0 cm³/mol. The van der Waals surface area contributed by atoms with Crippen molar-refractivity contribution in [2.45, 2.75) is 64.3 Å². The van der Waals surface area contributed by atoms with Gasteiger partial charge in [-0.05, 0) is 19.8 Å². The molecule has 0 aromatic heterocycles. The van der Waals surface area contributed by atoms with E-state index in [0.29, 0.717) is 12.3 Å². The van der Waals surface area contributed by atoms with E-state index in [-0.39, 0.29) is 24.9 Å². The summed E-state index contributed by atoms with van der Waals surface area (Å²) in [5.41, 5.74) is 2.60. The van der Waals surface area contributed by atoms with Crippen LogP contribution in [0, 0.1) is 0 Å². The first-order chi connectivity index (χ1) is 12.0. The Morgan fingerprint density at radius 1 is 1.04 bits per heavy atom. The van der Waals surface area contributed by atoms with Gasteiger partial charge in [-0.15, -0.1) is 0 Å². The van der Waals surface area contributed by atoms with E-state index in [0.717, 1.165) is 25.7 Å². The maximum absolute atomic E-state index is 12.1. The number of methoxy groups -OCH3 is 1. The fourth-order valence-corrected chi connectivity index (χ4v) is 2.69. The molecule has 0 saturated heterocycles. The summed E-state index contributed by atoms with van der Waals surface area (Å²) in [5.74, 6) is -1.76. The smallest absolute Gasteiger partial charge is 0.329 e. The molecule has 0 aromatic rings. The first-order valence-corrected chi connectivity index (χ1v) is 8.92. The SMILES string of the molecule is COCCNC(=O)C(=O)N/N=C(/C)CC(=O)NC1CCCCCCC1. The van der Waals surface area contributed by atoms with Crippen molar-refractivity contribution in [2.24, 2.45) is 5.10 Å². The van der Waals surface area contributed by atoms with Crippen molar-refractivity contribution in [2.75, 3.05) is 20.3 Å². The fraction of sp³-hybridized carbons (Fsp3) is 0.765. The molecule has 3 amide bonds. The first-order valence-electron chi connectivity index (χ1n) is 8.92. The van der Waals surface area contributed by atoms with Gasteiger partial charge in [-0.2, -0.15) is 5.10 Å². The zero-order valence-electron chi connectivity index (χ0n) is 15.2. The van der Waals surface area contributed by atoms with Crippen molar-refractivity contribution in [3.8, 4) is 0 Å². The summed E-state index contributed by atoms with van der Waals surface area (Å²) in [5, 5.41) is 9.23. The van der Waals surface area contributed by atoms with Crippen LogP contribution in [0.15, 0.2) is 5.10 Å². The molecule has 0 aromatic carbocycles. The van der Waals surface area contributed by atoms with Gasteiger partial charge in [0.1, 0.15) is 0 Å². The molecule has 0 heterocycles. The van der Waals surface area contributed by atoms with E-state index in [1.165, 1.54) is 26.4 Å². The minimum Gasteiger partial charge on any atom is -0.383 e. The average Bonchev–Trinajstić information content (AvgIpc) is 2.55. The standard InChI is InChI=1S/C17H30N4O4/c1-13(20-21-17(24)16(23)18-10-11-25-2)12-15(22)19-14-8-6-4-3-5-7-9-14/h14H,3-12H2,1-2H3,(H,18,23)(H,19,22)(H,21,24)/b20-13-.